The van der Waals surface area contributed by atoms with Crippen LogP contribution in [0.5, 0.6) is 0 Å². The molecule has 1 fully saturated rings. The molecule has 1 unspecified atom stereocenters. The van der Waals surface area contributed by atoms with Crippen LogP contribution in [0.2, 0.25) is 0 Å². The van der Waals surface area contributed by atoms with Crippen LogP contribution in [0.15, 0.2) is 0 Å². The summed E-state index contributed by atoms with van der Waals surface area (Å²) in [6.45, 7) is 1.02. The molecule has 0 aromatic carbocycles. The molecule has 112 valence electrons. The van der Waals surface area contributed by atoms with Crippen molar-refractivity contribution in [3.63, 3.8) is 0 Å². The number of hydrogen-bond donors (Lipinski definition) is 2. The highest BCUT2D eigenvalue weighted by Crippen LogP contribution is 2.15. The number of hydrogen-bond acceptors (Lipinski definition) is 4. The maximum absolute atomic E-state index is 11.8. The zero-order valence-corrected chi connectivity index (χ0v) is 12.0. The topological polar surface area (TPSA) is 95.9 Å². The van der Waals surface area contributed by atoms with Crippen molar-refractivity contribution in [1.82, 2.24) is 9.03 Å². The molecule has 8 heteroatoms. The van der Waals surface area contributed by atoms with E-state index in [0.29, 0.717) is 13.0 Å². The van der Waals surface area contributed by atoms with Gasteiger partial charge >= 0.3 is 5.97 Å². The first-order valence-corrected chi connectivity index (χ1v) is 7.90. The Morgan fingerprint density at radius 3 is 2.79 bits per heavy atom. The Balaban J connectivity index is 2.27. The lowest BCUT2D eigenvalue weighted by atomic mass is 10.1. The molecule has 1 heterocycles. The van der Waals surface area contributed by atoms with Gasteiger partial charge in [0.2, 0.25) is 0 Å². The molecule has 1 aliphatic rings. The van der Waals surface area contributed by atoms with Crippen molar-refractivity contribution in [1.29, 1.82) is 0 Å². The molecule has 1 rings (SSSR count). The average molecular weight is 294 g/mol. The third kappa shape index (κ3) is 6.33. The van der Waals surface area contributed by atoms with Crippen LogP contribution >= 0.6 is 0 Å². The van der Waals surface area contributed by atoms with Crippen molar-refractivity contribution in [3.05, 3.63) is 0 Å². The Bertz CT molecular complexity index is 379. The van der Waals surface area contributed by atoms with Gasteiger partial charge in [-0.1, -0.05) is 0 Å². The highest BCUT2D eigenvalue weighted by molar-refractivity contribution is 7.87. The Labute approximate surface area is 114 Å². The van der Waals surface area contributed by atoms with Crippen molar-refractivity contribution in [2.24, 2.45) is 0 Å². The summed E-state index contributed by atoms with van der Waals surface area (Å²) in [5.74, 6) is -1.02. The fraction of sp³-hybridized carbons (Fsp3) is 0.909. The van der Waals surface area contributed by atoms with Gasteiger partial charge in [0.15, 0.2) is 0 Å². The average Bonchev–Trinajstić information content (AvgIpc) is 2.36. The van der Waals surface area contributed by atoms with Crippen LogP contribution < -0.4 is 4.72 Å². The van der Waals surface area contributed by atoms with Gasteiger partial charge in [0, 0.05) is 26.7 Å². The van der Waals surface area contributed by atoms with E-state index in [1.54, 1.807) is 0 Å². The van der Waals surface area contributed by atoms with E-state index in [0.717, 1.165) is 30.2 Å². The third-order valence-electron chi connectivity index (χ3n) is 3.08. The second-order valence-corrected chi connectivity index (χ2v) is 6.50. The summed E-state index contributed by atoms with van der Waals surface area (Å²) in [7, 11) is -2.23. The molecule has 0 bridgehead atoms. The number of rotatable bonds is 8. The number of carboxylic acid groups (broad SMARTS) is 1. The van der Waals surface area contributed by atoms with E-state index in [4.69, 9.17) is 9.84 Å². The summed E-state index contributed by atoms with van der Waals surface area (Å²) in [5, 5.41) is 8.52. The molecular formula is C11H22N2O5S. The van der Waals surface area contributed by atoms with Crippen molar-refractivity contribution in [2.45, 2.75) is 38.2 Å². The maximum atomic E-state index is 11.8. The highest BCUT2D eigenvalue weighted by atomic mass is 32.2. The minimum Gasteiger partial charge on any atom is -0.481 e. The quantitative estimate of drug-likeness (QED) is 0.666. The van der Waals surface area contributed by atoms with Crippen LogP contribution in [0.25, 0.3) is 0 Å². The van der Waals surface area contributed by atoms with Crippen LogP contribution in [-0.4, -0.2) is 56.6 Å². The first-order valence-electron chi connectivity index (χ1n) is 6.46. The number of carboxylic acids is 1. The van der Waals surface area contributed by atoms with Crippen LogP contribution in [0.4, 0.5) is 0 Å². The standard InChI is InChI=1S/C11H22N2O5S/c1-13(8-6-11(14)15)19(16,17)12-7-5-10-4-2-3-9-18-10/h10,12H,2-9H2,1H3,(H,14,15). The van der Waals surface area contributed by atoms with E-state index in [2.05, 4.69) is 4.72 Å². The fourth-order valence-electron chi connectivity index (χ4n) is 1.87. The van der Waals surface area contributed by atoms with Crippen molar-refractivity contribution in [3.8, 4) is 0 Å². The highest BCUT2D eigenvalue weighted by Gasteiger charge is 2.19. The van der Waals surface area contributed by atoms with E-state index in [9.17, 15) is 13.2 Å². The fourth-order valence-corrected chi connectivity index (χ4v) is 2.80. The summed E-state index contributed by atoms with van der Waals surface area (Å²) >= 11 is 0. The second kappa shape index (κ2) is 7.78. The number of aliphatic carboxylic acids is 1. The van der Waals surface area contributed by atoms with Gasteiger partial charge < -0.3 is 9.84 Å². The molecule has 1 aliphatic heterocycles. The zero-order chi connectivity index (χ0) is 14.3. The van der Waals surface area contributed by atoms with Crippen LogP contribution in [0.3, 0.4) is 0 Å². The molecule has 2 N–H and O–H groups in total. The Hall–Kier alpha value is -0.700. The lowest BCUT2D eigenvalue weighted by molar-refractivity contribution is -0.137. The molecular weight excluding hydrogens is 272 g/mol. The largest absolute Gasteiger partial charge is 0.481 e. The molecule has 0 saturated carbocycles. The molecule has 7 nitrogen and oxygen atoms in total. The first kappa shape index (κ1) is 16.4. The van der Waals surface area contributed by atoms with Crippen molar-refractivity contribution in [2.75, 3.05) is 26.7 Å². The number of ether oxygens (including phenoxy) is 1. The lowest BCUT2D eigenvalue weighted by Gasteiger charge is -2.23. The predicted octanol–water partition coefficient (Wildman–Crippen LogP) is 0.187. The van der Waals surface area contributed by atoms with Gasteiger partial charge in [-0.3, -0.25) is 4.79 Å². The minimum absolute atomic E-state index is 0.0371. The zero-order valence-electron chi connectivity index (χ0n) is 11.2. The van der Waals surface area contributed by atoms with Gasteiger partial charge in [-0.05, 0) is 25.7 Å². The molecule has 0 radical (unpaired) electrons. The molecule has 0 spiro atoms. The summed E-state index contributed by atoms with van der Waals surface area (Å²) in [4.78, 5) is 10.4. The van der Waals surface area contributed by atoms with Crippen LogP contribution in [0, 0.1) is 0 Å². The molecule has 19 heavy (non-hydrogen) atoms. The van der Waals surface area contributed by atoms with E-state index >= 15 is 0 Å². The van der Waals surface area contributed by atoms with E-state index in [-0.39, 0.29) is 19.1 Å². The number of nitrogens with zero attached hydrogens (tertiary/aromatic N) is 1. The van der Waals surface area contributed by atoms with Gasteiger partial charge in [0.1, 0.15) is 0 Å². The van der Waals surface area contributed by atoms with Crippen LogP contribution in [0.1, 0.15) is 32.1 Å². The van der Waals surface area contributed by atoms with E-state index < -0.39 is 16.2 Å². The molecule has 0 aromatic rings. The summed E-state index contributed by atoms with van der Waals surface area (Å²) < 4.78 is 32.5. The Morgan fingerprint density at radius 1 is 1.47 bits per heavy atom. The predicted molar refractivity (Wildman–Crippen MR) is 70.0 cm³/mol. The Morgan fingerprint density at radius 2 is 2.21 bits per heavy atom. The monoisotopic (exact) mass is 294 g/mol. The normalized spacial score (nSPS) is 20.6. The first-order chi connectivity index (χ1) is 8.92. The minimum atomic E-state index is -3.59. The van der Waals surface area contributed by atoms with Gasteiger partial charge in [0.25, 0.3) is 10.2 Å². The third-order valence-corrected chi connectivity index (χ3v) is 4.65. The molecule has 0 aromatic heterocycles. The summed E-state index contributed by atoms with van der Waals surface area (Å²) in [6, 6.07) is 0. The second-order valence-electron chi connectivity index (χ2n) is 4.64. The molecule has 0 aliphatic carbocycles. The van der Waals surface area contributed by atoms with Crippen molar-refractivity contribution >= 4 is 16.2 Å². The van der Waals surface area contributed by atoms with Gasteiger partial charge in [-0.2, -0.15) is 12.7 Å². The smallest absolute Gasteiger partial charge is 0.304 e. The molecule has 1 saturated heterocycles. The number of carbonyl (C=O) groups is 1. The van der Waals surface area contributed by atoms with Crippen LogP contribution in [-0.2, 0) is 19.7 Å². The van der Waals surface area contributed by atoms with Gasteiger partial charge in [-0.15, -0.1) is 0 Å². The van der Waals surface area contributed by atoms with Crippen molar-refractivity contribution < 1.29 is 23.1 Å². The van der Waals surface area contributed by atoms with Gasteiger partial charge in [0.05, 0.1) is 12.5 Å². The van der Waals surface area contributed by atoms with E-state index in [1.165, 1.54) is 7.05 Å². The molecule has 1 atom stereocenters. The van der Waals surface area contributed by atoms with Gasteiger partial charge in [-0.25, -0.2) is 4.72 Å². The summed E-state index contributed by atoms with van der Waals surface area (Å²) in [6.07, 6.45) is 3.72. The lowest BCUT2D eigenvalue weighted by Crippen LogP contribution is -2.40. The molecule has 0 amide bonds. The number of nitrogens with one attached hydrogen (secondary N) is 1. The Kier molecular flexibility index (Phi) is 6.70. The maximum Gasteiger partial charge on any atom is 0.304 e. The SMILES string of the molecule is CN(CCC(=O)O)S(=O)(=O)NCCC1CCCCO1. The van der Waals surface area contributed by atoms with E-state index in [1.807, 2.05) is 0 Å². The summed E-state index contributed by atoms with van der Waals surface area (Å²) in [5.41, 5.74) is 0.